The third-order valence-corrected chi connectivity index (χ3v) is 4.48. The van der Waals surface area contributed by atoms with E-state index in [0.29, 0.717) is 17.6 Å². The molecule has 1 amide bonds. The van der Waals surface area contributed by atoms with Crippen LogP contribution in [0.15, 0.2) is 0 Å². The predicted molar refractivity (Wildman–Crippen MR) is 83.1 cm³/mol. The maximum atomic E-state index is 11.4. The molecule has 0 saturated carbocycles. The van der Waals surface area contributed by atoms with Crippen molar-refractivity contribution in [2.45, 2.75) is 38.8 Å². The van der Waals surface area contributed by atoms with Gasteiger partial charge in [-0.25, -0.2) is 0 Å². The molecule has 118 valence electrons. The Bertz CT molecular complexity index is 496. The number of halogens is 1. The number of carbonyl (C=O) groups is 1. The Labute approximate surface area is 130 Å². The predicted octanol–water partition coefficient (Wildman–Crippen LogP) is 0.675. The van der Waals surface area contributed by atoms with E-state index < -0.39 is 0 Å². The van der Waals surface area contributed by atoms with Gasteiger partial charge in [0.2, 0.25) is 5.91 Å². The van der Waals surface area contributed by atoms with Crippen LogP contribution in [-0.2, 0) is 24.8 Å². The molecule has 1 aliphatic heterocycles. The zero-order chi connectivity index (χ0) is 15.4. The molecule has 1 aromatic rings. The number of primary amides is 1. The smallest absolute Gasteiger partial charge is 0.231 e. The van der Waals surface area contributed by atoms with Crippen molar-refractivity contribution in [2.24, 2.45) is 12.8 Å². The molecule has 0 radical (unpaired) electrons. The molecule has 21 heavy (non-hydrogen) atoms. The van der Waals surface area contributed by atoms with Crippen molar-refractivity contribution in [2.75, 3.05) is 19.6 Å². The summed E-state index contributed by atoms with van der Waals surface area (Å²) in [6.45, 7) is 4.84. The highest BCUT2D eigenvalue weighted by molar-refractivity contribution is 6.31. The molecule has 3 N–H and O–H groups in total. The highest BCUT2D eigenvalue weighted by Crippen LogP contribution is 2.24. The van der Waals surface area contributed by atoms with Gasteiger partial charge >= 0.3 is 0 Å². The second-order valence-corrected chi connectivity index (χ2v) is 5.91. The van der Waals surface area contributed by atoms with E-state index in [-0.39, 0.29) is 12.5 Å². The molecular weight excluding hydrogens is 290 g/mol. The van der Waals surface area contributed by atoms with Crippen molar-refractivity contribution in [1.29, 1.82) is 0 Å². The third kappa shape index (κ3) is 3.96. The lowest BCUT2D eigenvalue weighted by molar-refractivity contribution is -0.120. The molecule has 1 saturated heterocycles. The Balaban J connectivity index is 2.17. The van der Waals surface area contributed by atoms with E-state index in [1.54, 1.807) is 0 Å². The second kappa shape index (κ2) is 7.24. The lowest BCUT2D eigenvalue weighted by atomic mass is 10.0. The van der Waals surface area contributed by atoms with E-state index in [0.717, 1.165) is 43.7 Å². The minimum atomic E-state index is -0.303. The van der Waals surface area contributed by atoms with Gasteiger partial charge in [-0.05, 0) is 32.4 Å². The molecule has 6 nitrogen and oxygen atoms in total. The van der Waals surface area contributed by atoms with Gasteiger partial charge in [-0.3, -0.25) is 14.4 Å². The summed E-state index contributed by atoms with van der Waals surface area (Å²) in [6.07, 6.45) is 2.84. The fourth-order valence-electron chi connectivity index (χ4n) is 2.87. The molecule has 0 bridgehead atoms. The highest BCUT2D eigenvalue weighted by Gasteiger charge is 2.25. The summed E-state index contributed by atoms with van der Waals surface area (Å²) in [7, 11) is 1.89. The van der Waals surface area contributed by atoms with Crippen LogP contribution in [0.25, 0.3) is 0 Å². The monoisotopic (exact) mass is 313 g/mol. The molecule has 0 atom stereocenters. The minimum Gasteiger partial charge on any atom is -0.369 e. The second-order valence-electron chi connectivity index (χ2n) is 5.54. The van der Waals surface area contributed by atoms with Crippen LogP contribution in [0.1, 0.15) is 31.2 Å². The topological polar surface area (TPSA) is 76.2 Å². The van der Waals surface area contributed by atoms with Crippen LogP contribution in [-0.4, -0.2) is 46.3 Å². The van der Waals surface area contributed by atoms with Crippen LogP contribution in [0.3, 0.4) is 0 Å². The molecule has 0 unspecified atom stereocenters. The molecule has 0 spiro atoms. The van der Waals surface area contributed by atoms with Gasteiger partial charge in [-0.1, -0.05) is 18.5 Å². The number of carbonyl (C=O) groups excluding carboxylic acids is 1. The Morgan fingerprint density at radius 2 is 2.19 bits per heavy atom. The number of nitrogens with two attached hydrogens (primary N) is 1. The first-order valence-corrected chi connectivity index (χ1v) is 7.84. The molecule has 7 heteroatoms. The van der Waals surface area contributed by atoms with Crippen molar-refractivity contribution >= 4 is 17.5 Å². The number of aromatic nitrogens is 2. The molecule has 2 rings (SSSR count). The summed E-state index contributed by atoms with van der Waals surface area (Å²) >= 11 is 6.41. The van der Waals surface area contributed by atoms with Gasteiger partial charge in [0.25, 0.3) is 0 Å². The highest BCUT2D eigenvalue weighted by atomic mass is 35.5. The van der Waals surface area contributed by atoms with Gasteiger partial charge in [0, 0.05) is 19.6 Å². The number of rotatable bonds is 6. The first-order valence-electron chi connectivity index (χ1n) is 7.46. The quantitative estimate of drug-likeness (QED) is 0.809. The van der Waals surface area contributed by atoms with Crippen LogP contribution in [0.5, 0.6) is 0 Å². The van der Waals surface area contributed by atoms with Crippen molar-refractivity contribution in [3.63, 3.8) is 0 Å². The Hall–Kier alpha value is -1.11. The minimum absolute atomic E-state index is 0.258. The first kappa shape index (κ1) is 16.3. The van der Waals surface area contributed by atoms with Crippen molar-refractivity contribution in [3.8, 4) is 0 Å². The summed E-state index contributed by atoms with van der Waals surface area (Å²) in [6, 6.07) is 0.356. The molecular formula is C14H24ClN5O. The van der Waals surface area contributed by atoms with E-state index in [4.69, 9.17) is 17.3 Å². The zero-order valence-corrected chi connectivity index (χ0v) is 13.5. The molecule has 1 aliphatic rings. The van der Waals surface area contributed by atoms with Crippen molar-refractivity contribution in [3.05, 3.63) is 16.4 Å². The van der Waals surface area contributed by atoms with Gasteiger partial charge in [0.15, 0.2) is 0 Å². The summed E-state index contributed by atoms with van der Waals surface area (Å²) in [5.74, 6) is -0.303. The molecule has 1 fully saturated rings. The number of hydrogen-bond acceptors (Lipinski definition) is 4. The Kier molecular flexibility index (Phi) is 5.61. The van der Waals surface area contributed by atoms with Gasteiger partial charge in [-0.15, -0.1) is 0 Å². The SMILES string of the molecule is CCc1nn(C)c(CN(CC(N)=O)C2CCNCC2)c1Cl. The van der Waals surface area contributed by atoms with Gasteiger partial charge in [0.05, 0.1) is 23.0 Å². The van der Waals surface area contributed by atoms with E-state index >= 15 is 0 Å². The number of hydrogen-bond donors (Lipinski definition) is 2. The third-order valence-electron chi connectivity index (χ3n) is 4.04. The Morgan fingerprint density at radius 3 is 2.71 bits per heavy atom. The van der Waals surface area contributed by atoms with Crippen LogP contribution in [0.4, 0.5) is 0 Å². The average molecular weight is 314 g/mol. The number of amides is 1. The maximum Gasteiger partial charge on any atom is 0.231 e. The average Bonchev–Trinajstić information content (AvgIpc) is 2.74. The van der Waals surface area contributed by atoms with Crippen molar-refractivity contribution < 1.29 is 4.79 Å². The summed E-state index contributed by atoms with van der Waals surface area (Å²) in [5, 5.41) is 8.48. The summed E-state index contributed by atoms with van der Waals surface area (Å²) in [4.78, 5) is 13.5. The van der Waals surface area contributed by atoms with Crippen LogP contribution in [0, 0.1) is 0 Å². The van der Waals surface area contributed by atoms with E-state index in [2.05, 4.69) is 15.3 Å². The molecule has 0 aliphatic carbocycles. The van der Waals surface area contributed by atoms with Crippen LogP contribution < -0.4 is 11.1 Å². The Morgan fingerprint density at radius 1 is 1.52 bits per heavy atom. The largest absolute Gasteiger partial charge is 0.369 e. The van der Waals surface area contributed by atoms with E-state index in [1.165, 1.54) is 0 Å². The zero-order valence-electron chi connectivity index (χ0n) is 12.7. The first-order chi connectivity index (χ1) is 10.0. The van der Waals surface area contributed by atoms with E-state index in [9.17, 15) is 4.79 Å². The molecule has 2 heterocycles. The lowest BCUT2D eigenvalue weighted by Crippen LogP contribution is -2.46. The number of piperidine rings is 1. The van der Waals surface area contributed by atoms with Crippen LogP contribution >= 0.6 is 11.6 Å². The summed E-state index contributed by atoms with van der Waals surface area (Å²) < 4.78 is 1.82. The number of aryl methyl sites for hydroxylation is 2. The normalized spacial score (nSPS) is 16.6. The maximum absolute atomic E-state index is 11.4. The fraction of sp³-hybridized carbons (Fsp3) is 0.714. The van der Waals surface area contributed by atoms with E-state index in [1.807, 2.05) is 18.7 Å². The fourth-order valence-corrected chi connectivity index (χ4v) is 3.22. The van der Waals surface area contributed by atoms with Gasteiger partial charge in [0.1, 0.15) is 0 Å². The van der Waals surface area contributed by atoms with Crippen molar-refractivity contribution in [1.82, 2.24) is 20.0 Å². The number of nitrogens with one attached hydrogen (secondary N) is 1. The van der Waals surface area contributed by atoms with Gasteiger partial charge < -0.3 is 11.1 Å². The molecule has 1 aromatic heterocycles. The standard InChI is InChI=1S/C14H24ClN5O/c1-3-11-14(15)12(19(2)18-11)8-20(9-13(16)21)10-4-6-17-7-5-10/h10,17H,3-9H2,1-2H3,(H2,16,21). The lowest BCUT2D eigenvalue weighted by Gasteiger charge is -2.33. The number of nitrogens with zero attached hydrogens (tertiary/aromatic N) is 3. The molecule has 0 aromatic carbocycles. The summed E-state index contributed by atoms with van der Waals surface area (Å²) in [5.41, 5.74) is 7.26. The van der Waals surface area contributed by atoms with Crippen LogP contribution in [0.2, 0.25) is 5.02 Å². The van der Waals surface area contributed by atoms with Gasteiger partial charge in [-0.2, -0.15) is 5.10 Å².